The summed E-state index contributed by atoms with van der Waals surface area (Å²) in [7, 11) is -2.11. The Hall–Kier alpha value is -1.96. The lowest BCUT2D eigenvalue weighted by molar-refractivity contribution is 0.596. The standard InChI is InChI=1S/C17H14ClFN2O2S2/c1-11-16(12-3-7-14(19)8-4-12)21(2)17(24-11)20-25(22,23)15-9-5-13(18)6-10-15/h3-10H,1-2H3. The first-order valence-corrected chi connectivity index (χ1v) is 9.90. The highest BCUT2D eigenvalue weighted by atomic mass is 35.5. The van der Waals surface area contributed by atoms with E-state index in [4.69, 9.17) is 11.6 Å². The first-order chi connectivity index (χ1) is 11.8. The predicted molar refractivity (Wildman–Crippen MR) is 97.6 cm³/mol. The molecule has 8 heteroatoms. The average molecular weight is 397 g/mol. The van der Waals surface area contributed by atoms with Gasteiger partial charge < -0.3 is 4.57 Å². The molecule has 0 saturated heterocycles. The second-order valence-electron chi connectivity index (χ2n) is 5.38. The molecule has 1 heterocycles. The molecule has 0 N–H and O–H groups in total. The summed E-state index contributed by atoms with van der Waals surface area (Å²) in [6.45, 7) is 1.87. The molecule has 2 aromatic carbocycles. The number of nitrogens with zero attached hydrogens (tertiary/aromatic N) is 2. The van der Waals surface area contributed by atoms with Gasteiger partial charge in [-0.3, -0.25) is 0 Å². The van der Waals surface area contributed by atoms with E-state index >= 15 is 0 Å². The lowest BCUT2D eigenvalue weighted by Gasteiger charge is -2.04. The fourth-order valence-corrected chi connectivity index (χ4v) is 4.77. The quantitative estimate of drug-likeness (QED) is 0.668. The zero-order valence-electron chi connectivity index (χ0n) is 13.4. The lowest BCUT2D eigenvalue weighted by Crippen LogP contribution is -2.14. The maximum Gasteiger partial charge on any atom is 0.285 e. The number of rotatable bonds is 3. The Morgan fingerprint density at radius 1 is 1.08 bits per heavy atom. The number of halogens is 2. The minimum Gasteiger partial charge on any atom is -0.319 e. The molecule has 0 radical (unpaired) electrons. The summed E-state index contributed by atoms with van der Waals surface area (Å²) >= 11 is 7.06. The molecular formula is C17H14ClFN2O2S2. The number of hydrogen-bond donors (Lipinski definition) is 0. The molecule has 0 saturated carbocycles. The first-order valence-electron chi connectivity index (χ1n) is 7.27. The van der Waals surface area contributed by atoms with Crippen LogP contribution in [-0.2, 0) is 17.1 Å². The Kier molecular flexibility index (Phi) is 4.81. The summed E-state index contributed by atoms with van der Waals surface area (Å²) in [4.78, 5) is 1.30. The zero-order valence-corrected chi connectivity index (χ0v) is 15.8. The molecule has 0 spiro atoms. The number of benzene rings is 2. The average Bonchev–Trinajstić information content (AvgIpc) is 2.82. The van der Waals surface area contributed by atoms with E-state index in [1.54, 1.807) is 23.7 Å². The van der Waals surface area contributed by atoms with Crippen LogP contribution in [-0.4, -0.2) is 13.0 Å². The molecule has 0 fully saturated rings. The van der Waals surface area contributed by atoms with Crippen molar-refractivity contribution in [2.45, 2.75) is 11.8 Å². The normalized spacial score (nSPS) is 12.6. The van der Waals surface area contributed by atoms with Crippen molar-refractivity contribution in [2.24, 2.45) is 11.4 Å². The Morgan fingerprint density at radius 3 is 2.28 bits per heavy atom. The molecule has 0 atom stereocenters. The van der Waals surface area contributed by atoms with Crippen LogP contribution in [0.5, 0.6) is 0 Å². The summed E-state index contributed by atoms with van der Waals surface area (Å²) < 4.78 is 43.8. The van der Waals surface area contributed by atoms with Crippen molar-refractivity contribution in [3.63, 3.8) is 0 Å². The van der Waals surface area contributed by atoms with Gasteiger partial charge in [0.25, 0.3) is 10.0 Å². The summed E-state index contributed by atoms with van der Waals surface area (Å²) in [5, 5.41) is 0.454. The van der Waals surface area contributed by atoms with E-state index in [1.807, 2.05) is 6.92 Å². The molecule has 3 aromatic rings. The molecule has 130 valence electrons. The summed E-state index contributed by atoms with van der Waals surface area (Å²) in [6.07, 6.45) is 0. The molecule has 0 unspecified atom stereocenters. The molecule has 0 aliphatic heterocycles. The van der Waals surface area contributed by atoms with Crippen molar-refractivity contribution >= 4 is 33.0 Å². The van der Waals surface area contributed by atoms with Gasteiger partial charge in [0.1, 0.15) is 5.82 Å². The van der Waals surface area contributed by atoms with E-state index in [0.29, 0.717) is 9.82 Å². The van der Waals surface area contributed by atoms with Crippen LogP contribution >= 0.6 is 22.9 Å². The van der Waals surface area contributed by atoms with Gasteiger partial charge in [0.15, 0.2) is 0 Å². The van der Waals surface area contributed by atoms with Crippen LogP contribution in [0.1, 0.15) is 4.88 Å². The minimum absolute atomic E-state index is 0.0753. The third-order valence-corrected chi connectivity index (χ3v) is 6.32. The largest absolute Gasteiger partial charge is 0.319 e. The molecule has 4 nitrogen and oxygen atoms in total. The van der Waals surface area contributed by atoms with Crippen LogP contribution in [0.2, 0.25) is 5.02 Å². The molecule has 1 aromatic heterocycles. The van der Waals surface area contributed by atoms with Crippen molar-refractivity contribution < 1.29 is 12.8 Å². The maximum absolute atomic E-state index is 13.1. The Labute approximate surface area is 153 Å². The molecule has 0 bridgehead atoms. The summed E-state index contributed by atoms with van der Waals surface area (Å²) in [5.74, 6) is -0.325. The maximum atomic E-state index is 13.1. The zero-order chi connectivity index (χ0) is 18.2. The van der Waals surface area contributed by atoms with Crippen molar-refractivity contribution in [1.82, 2.24) is 4.57 Å². The van der Waals surface area contributed by atoms with E-state index in [0.717, 1.165) is 16.1 Å². The Bertz CT molecular complexity index is 1080. The van der Waals surface area contributed by atoms with Gasteiger partial charge in [-0.1, -0.05) is 11.6 Å². The van der Waals surface area contributed by atoms with Crippen LogP contribution in [0.15, 0.2) is 57.8 Å². The van der Waals surface area contributed by atoms with Gasteiger partial charge in [0.2, 0.25) is 4.80 Å². The van der Waals surface area contributed by atoms with Crippen molar-refractivity contribution in [3.05, 3.63) is 69.0 Å². The van der Waals surface area contributed by atoms with Crippen molar-refractivity contribution in [1.29, 1.82) is 0 Å². The monoisotopic (exact) mass is 396 g/mol. The van der Waals surface area contributed by atoms with Crippen LogP contribution in [0.25, 0.3) is 11.3 Å². The SMILES string of the molecule is Cc1sc(=NS(=O)(=O)c2ccc(Cl)cc2)n(C)c1-c1ccc(F)cc1. The molecule has 25 heavy (non-hydrogen) atoms. The number of sulfonamides is 1. The fraction of sp³-hybridized carbons (Fsp3) is 0.118. The van der Waals surface area contributed by atoms with Crippen LogP contribution in [0.4, 0.5) is 4.39 Å². The van der Waals surface area contributed by atoms with Gasteiger partial charge >= 0.3 is 0 Å². The van der Waals surface area contributed by atoms with Crippen LogP contribution < -0.4 is 4.80 Å². The van der Waals surface area contributed by atoms with Crippen LogP contribution in [0.3, 0.4) is 0 Å². The third-order valence-electron chi connectivity index (χ3n) is 3.63. The van der Waals surface area contributed by atoms with Gasteiger partial charge in [-0.15, -0.1) is 15.7 Å². The van der Waals surface area contributed by atoms with Crippen LogP contribution in [0, 0.1) is 12.7 Å². The highest BCUT2D eigenvalue weighted by molar-refractivity contribution is 7.90. The number of aryl methyl sites for hydroxylation is 1. The predicted octanol–water partition coefficient (Wildman–Crippen LogP) is 4.14. The van der Waals surface area contributed by atoms with E-state index < -0.39 is 10.0 Å². The van der Waals surface area contributed by atoms with Crippen molar-refractivity contribution in [2.75, 3.05) is 0 Å². The highest BCUT2D eigenvalue weighted by Gasteiger charge is 2.15. The Morgan fingerprint density at radius 2 is 1.68 bits per heavy atom. The van der Waals surface area contributed by atoms with Gasteiger partial charge in [0.05, 0.1) is 10.6 Å². The van der Waals surface area contributed by atoms with E-state index in [1.165, 1.54) is 47.7 Å². The third kappa shape index (κ3) is 3.68. The van der Waals surface area contributed by atoms with Gasteiger partial charge in [-0.05, 0) is 61.0 Å². The molecular weight excluding hydrogens is 383 g/mol. The summed E-state index contributed by atoms with van der Waals surface area (Å²) in [5.41, 5.74) is 1.60. The minimum atomic E-state index is -3.85. The topological polar surface area (TPSA) is 51.4 Å². The number of thiazole rings is 1. The first kappa shape index (κ1) is 17.8. The van der Waals surface area contributed by atoms with Gasteiger partial charge in [-0.2, -0.15) is 8.42 Å². The number of hydrogen-bond acceptors (Lipinski definition) is 3. The smallest absolute Gasteiger partial charge is 0.285 e. The van der Waals surface area contributed by atoms with E-state index in [9.17, 15) is 12.8 Å². The van der Waals surface area contributed by atoms with E-state index in [2.05, 4.69) is 4.40 Å². The molecule has 0 amide bonds. The van der Waals surface area contributed by atoms with Gasteiger partial charge in [-0.25, -0.2) is 4.39 Å². The second-order valence-corrected chi connectivity index (χ2v) is 8.60. The second kappa shape index (κ2) is 6.74. The fourth-order valence-electron chi connectivity index (χ4n) is 2.43. The Balaban J connectivity index is 2.12. The number of aromatic nitrogens is 1. The summed E-state index contributed by atoms with van der Waals surface area (Å²) in [6, 6.07) is 11.9. The molecule has 3 rings (SSSR count). The van der Waals surface area contributed by atoms with E-state index in [-0.39, 0.29) is 10.7 Å². The molecule has 0 aliphatic rings. The van der Waals surface area contributed by atoms with Gasteiger partial charge in [0, 0.05) is 16.9 Å². The highest BCUT2D eigenvalue weighted by Crippen LogP contribution is 2.25. The van der Waals surface area contributed by atoms with Crippen molar-refractivity contribution in [3.8, 4) is 11.3 Å². The lowest BCUT2D eigenvalue weighted by atomic mass is 10.1. The molecule has 0 aliphatic carbocycles.